The van der Waals surface area contributed by atoms with E-state index in [2.05, 4.69) is 24.4 Å². The second-order valence-electron chi connectivity index (χ2n) is 5.08. The van der Waals surface area contributed by atoms with Gasteiger partial charge in [-0.2, -0.15) is 0 Å². The number of methoxy groups -OCH3 is 1. The fourth-order valence-corrected chi connectivity index (χ4v) is 3.36. The molecule has 3 rings (SSSR count). The van der Waals surface area contributed by atoms with Crippen molar-refractivity contribution in [3.8, 4) is 0 Å². The molecular formula is C14H19NO. The molecular weight excluding hydrogens is 198 g/mol. The average Bonchev–Trinajstić information content (AvgIpc) is 2.50. The molecule has 0 spiro atoms. The minimum Gasteiger partial charge on any atom is -0.482 e. The normalized spacial score (nSPS) is 32.4. The Bertz CT molecular complexity index is 403. The van der Waals surface area contributed by atoms with Crippen molar-refractivity contribution in [2.45, 2.75) is 26.2 Å². The van der Waals surface area contributed by atoms with Gasteiger partial charge >= 0.3 is 0 Å². The number of ether oxygens (including phenoxy) is 1. The van der Waals surface area contributed by atoms with Crippen LogP contribution in [0.25, 0.3) is 0 Å². The van der Waals surface area contributed by atoms with E-state index < -0.39 is 0 Å². The highest BCUT2D eigenvalue weighted by Crippen LogP contribution is 2.46. The second kappa shape index (κ2) is 3.69. The number of rotatable bonds is 1. The Morgan fingerprint density at radius 2 is 2.31 bits per heavy atom. The van der Waals surface area contributed by atoms with Crippen LogP contribution in [0.2, 0.25) is 0 Å². The Hall–Kier alpha value is -1.18. The number of allylic oxidation sites excluding steroid dienone is 4. The van der Waals surface area contributed by atoms with Crippen molar-refractivity contribution >= 4 is 0 Å². The van der Waals surface area contributed by atoms with Crippen molar-refractivity contribution in [1.29, 1.82) is 0 Å². The summed E-state index contributed by atoms with van der Waals surface area (Å²) in [5, 5.41) is 3.39. The third kappa shape index (κ3) is 1.40. The van der Waals surface area contributed by atoms with Gasteiger partial charge in [-0.3, -0.25) is 0 Å². The summed E-state index contributed by atoms with van der Waals surface area (Å²) in [6, 6.07) is 0. The van der Waals surface area contributed by atoms with Gasteiger partial charge in [0, 0.05) is 12.6 Å². The lowest BCUT2D eigenvalue weighted by Crippen LogP contribution is -2.18. The Morgan fingerprint density at radius 3 is 3.12 bits per heavy atom. The van der Waals surface area contributed by atoms with E-state index in [1.807, 2.05) is 0 Å². The summed E-state index contributed by atoms with van der Waals surface area (Å²) in [6.07, 6.45) is 8.45. The lowest BCUT2D eigenvalue weighted by molar-refractivity contribution is 0.263. The van der Waals surface area contributed by atoms with Crippen LogP contribution in [-0.2, 0) is 4.74 Å². The first-order valence-electron chi connectivity index (χ1n) is 6.22. The van der Waals surface area contributed by atoms with Gasteiger partial charge in [0.2, 0.25) is 0 Å². The van der Waals surface area contributed by atoms with Crippen molar-refractivity contribution in [2.24, 2.45) is 11.8 Å². The molecule has 0 aromatic rings. The molecule has 0 aromatic carbocycles. The van der Waals surface area contributed by atoms with E-state index >= 15 is 0 Å². The van der Waals surface area contributed by atoms with Gasteiger partial charge in [0.05, 0.1) is 7.11 Å². The minimum absolute atomic E-state index is 0.735. The highest BCUT2D eigenvalue weighted by atomic mass is 16.5. The van der Waals surface area contributed by atoms with Crippen LogP contribution in [0.15, 0.2) is 34.8 Å². The van der Waals surface area contributed by atoms with E-state index in [1.165, 1.54) is 24.8 Å². The summed E-state index contributed by atoms with van der Waals surface area (Å²) >= 11 is 0. The third-order valence-electron chi connectivity index (χ3n) is 4.14. The van der Waals surface area contributed by atoms with Crippen LogP contribution in [0, 0.1) is 11.8 Å². The molecule has 86 valence electrons. The SMILES string of the molecule is COC1=CC2=CCCC3CC(C)C(=C23)CN1. The molecule has 1 aliphatic heterocycles. The van der Waals surface area contributed by atoms with Gasteiger partial charge in [-0.05, 0) is 47.8 Å². The van der Waals surface area contributed by atoms with Gasteiger partial charge in [0.1, 0.15) is 0 Å². The molecule has 2 heteroatoms. The molecule has 2 nitrogen and oxygen atoms in total. The van der Waals surface area contributed by atoms with Gasteiger partial charge in [0.25, 0.3) is 0 Å². The summed E-state index contributed by atoms with van der Waals surface area (Å²) in [5.41, 5.74) is 4.65. The molecule has 0 aromatic heterocycles. The number of hydrogen-bond acceptors (Lipinski definition) is 2. The van der Waals surface area contributed by atoms with E-state index in [-0.39, 0.29) is 0 Å². The molecule has 0 bridgehead atoms. The summed E-state index contributed by atoms with van der Waals surface area (Å²) in [5.74, 6) is 2.45. The summed E-state index contributed by atoms with van der Waals surface area (Å²) in [7, 11) is 1.74. The fraction of sp³-hybridized carbons (Fsp3) is 0.571. The molecule has 16 heavy (non-hydrogen) atoms. The molecule has 0 fully saturated rings. The molecule has 2 atom stereocenters. The van der Waals surface area contributed by atoms with Crippen molar-refractivity contribution < 1.29 is 4.74 Å². The molecule has 0 radical (unpaired) electrons. The quantitative estimate of drug-likeness (QED) is 0.729. The topological polar surface area (TPSA) is 21.3 Å². The zero-order valence-electron chi connectivity index (χ0n) is 10.0. The van der Waals surface area contributed by atoms with Crippen LogP contribution in [0.5, 0.6) is 0 Å². The zero-order valence-corrected chi connectivity index (χ0v) is 10.0. The van der Waals surface area contributed by atoms with E-state index in [9.17, 15) is 0 Å². The maximum absolute atomic E-state index is 5.35. The molecule has 2 unspecified atom stereocenters. The van der Waals surface area contributed by atoms with Crippen LogP contribution < -0.4 is 5.32 Å². The number of nitrogens with one attached hydrogen (secondary N) is 1. The summed E-state index contributed by atoms with van der Waals surface area (Å²) < 4.78 is 5.35. The van der Waals surface area contributed by atoms with Crippen molar-refractivity contribution in [3.63, 3.8) is 0 Å². The Labute approximate surface area is 97.1 Å². The predicted molar refractivity (Wildman–Crippen MR) is 64.7 cm³/mol. The van der Waals surface area contributed by atoms with Crippen LogP contribution in [-0.4, -0.2) is 13.7 Å². The summed E-state index contributed by atoms with van der Waals surface area (Å²) in [4.78, 5) is 0. The molecule has 1 heterocycles. The standard InChI is InChI=1S/C14H19NO/c1-9-6-10-4-3-5-11-7-13(16-2)15-8-12(9)14(10)11/h5,7,9-10,15H,3-4,6,8H2,1-2H3. The van der Waals surface area contributed by atoms with Crippen LogP contribution in [0.3, 0.4) is 0 Å². The zero-order chi connectivity index (χ0) is 11.1. The van der Waals surface area contributed by atoms with Crippen molar-refractivity contribution in [1.82, 2.24) is 5.32 Å². The largest absolute Gasteiger partial charge is 0.482 e. The fourth-order valence-electron chi connectivity index (χ4n) is 3.36. The smallest absolute Gasteiger partial charge is 0.187 e. The van der Waals surface area contributed by atoms with Gasteiger partial charge in [-0.1, -0.05) is 13.0 Å². The average molecular weight is 217 g/mol. The Morgan fingerprint density at radius 1 is 1.44 bits per heavy atom. The van der Waals surface area contributed by atoms with E-state index in [0.717, 1.165) is 24.3 Å². The first kappa shape index (κ1) is 10.0. The maximum Gasteiger partial charge on any atom is 0.187 e. The number of hydrogen-bond donors (Lipinski definition) is 1. The maximum atomic E-state index is 5.35. The Balaban J connectivity index is 2.06. The molecule has 0 saturated carbocycles. The molecule has 3 aliphatic rings. The first-order chi connectivity index (χ1) is 7.79. The highest BCUT2D eigenvalue weighted by molar-refractivity contribution is 5.51. The minimum atomic E-state index is 0.735. The van der Waals surface area contributed by atoms with E-state index in [1.54, 1.807) is 18.3 Å². The van der Waals surface area contributed by atoms with Gasteiger partial charge in [0.15, 0.2) is 5.88 Å². The molecule has 0 amide bonds. The van der Waals surface area contributed by atoms with Gasteiger partial charge < -0.3 is 10.1 Å². The monoisotopic (exact) mass is 217 g/mol. The van der Waals surface area contributed by atoms with Crippen molar-refractivity contribution in [3.05, 3.63) is 34.8 Å². The highest BCUT2D eigenvalue weighted by Gasteiger charge is 2.34. The predicted octanol–water partition coefficient (Wildman–Crippen LogP) is 2.75. The van der Waals surface area contributed by atoms with Crippen molar-refractivity contribution in [2.75, 3.05) is 13.7 Å². The molecule has 2 aliphatic carbocycles. The van der Waals surface area contributed by atoms with Crippen LogP contribution in [0.1, 0.15) is 26.2 Å². The van der Waals surface area contributed by atoms with E-state index in [0.29, 0.717) is 0 Å². The lowest BCUT2D eigenvalue weighted by Gasteiger charge is -2.20. The van der Waals surface area contributed by atoms with Crippen LogP contribution >= 0.6 is 0 Å². The third-order valence-corrected chi connectivity index (χ3v) is 4.14. The second-order valence-corrected chi connectivity index (χ2v) is 5.08. The first-order valence-corrected chi connectivity index (χ1v) is 6.22. The lowest BCUT2D eigenvalue weighted by atomic mass is 9.84. The Kier molecular flexibility index (Phi) is 2.31. The van der Waals surface area contributed by atoms with Gasteiger partial charge in [-0.15, -0.1) is 0 Å². The van der Waals surface area contributed by atoms with Gasteiger partial charge in [-0.25, -0.2) is 0 Å². The van der Waals surface area contributed by atoms with E-state index in [4.69, 9.17) is 4.74 Å². The summed E-state index contributed by atoms with van der Waals surface area (Å²) in [6.45, 7) is 3.32. The van der Waals surface area contributed by atoms with Crippen LogP contribution in [0.4, 0.5) is 0 Å². The molecule has 0 saturated heterocycles. The molecule has 1 N–H and O–H groups in total.